The van der Waals surface area contributed by atoms with Crippen LogP contribution in [-0.2, 0) is 17.8 Å². The molecular formula is C22H24N6O4. The number of anilines is 1. The van der Waals surface area contributed by atoms with Crippen LogP contribution in [0.25, 0.3) is 22.8 Å². The lowest BCUT2D eigenvalue weighted by atomic mass is 10.1. The van der Waals surface area contributed by atoms with E-state index in [-0.39, 0.29) is 18.2 Å². The molecule has 1 amide bonds. The number of furan rings is 1. The predicted octanol–water partition coefficient (Wildman–Crippen LogP) is 3.17. The molecule has 2 aromatic heterocycles. The van der Waals surface area contributed by atoms with Crippen molar-refractivity contribution in [2.75, 3.05) is 18.5 Å². The molecule has 0 saturated carbocycles. The van der Waals surface area contributed by atoms with Crippen molar-refractivity contribution in [1.29, 1.82) is 0 Å². The molecule has 10 nitrogen and oxygen atoms in total. The third kappa shape index (κ3) is 3.96. The molecule has 2 N–H and O–H groups in total. The van der Waals surface area contributed by atoms with Gasteiger partial charge in [-0.1, -0.05) is 5.16 Å². The number of fused-ring (bicyclic) bond motifs is 1. The minimum absolute atomic E-state index is 0.115. The first kappa shape index (κ1) is 20.3. The number of hydrogen-bond donors (Lipinski definition) is 2. The summed E-state index contributed by atoms with van der Waals surface area (Å²) in [4.78, 5) is 21.1. The molecule has 0 bridgehead atoms. The van der Waals surface area contributed by atoms with Crippen molar-refractivity contribution in [2.45, 2.75) is 38.9 Å². The van der Waals surface area contributed by atoms with Gasteiger partial charge >= 0.3 is 0 Å². The monoisotopic (exact) mass is 436 g/mol. The third-order valence-electron chi connectivity index (χ3n) is 5.55. The van der Waals surface area contributed by atoms with Crippen molar-refractivity contribution in [3.8, 4) is 22.8 Å². The van der Waals surface area contributed by atoms with Gasteiger partial charge in [0.05, 0.1) is 30.3 Å². The largest absolute Gasteiger partial charge is 0.459 e. The molecule has 166 valence electrons. The Morgan fingerprint density at radius 3 is 2.94 bits per heavy atom. The molecule has 1 saturated heterocycles. The summed E-state index contributed by atoms with van der Waals surface area (Å²) in [7, 11) is 0. The topological polar surface area (TPSA) is 120 Å². The zero-order chi connectivity index (χ0) is 21.9. The highest BCUT2D eigenvalue weighted by Crippen LogP contribution is 2.39. The van der Waals surface area contributed by atoms with Crippen molar-refractivity contribution in [1.82, 2.24) is 25.0 Å². The lowest BCUT2D eigenvalue weighted by molar-refractivity contribution is 0.0904. The van der Waals surface area contributed by atoms with E-state index >= 15 is 0 Å². The van der Waals surface area contributed by atoms with E-state index in [1.54, 1.807) is 12.1 Å². The fourth-order valence-corrected chi connectivity index (χ4v) is 3.88. The summed E-state index contributed by atoms with van der Waals surface area (Å²) in [6.07, 6.45) is 7.23. The lowest BCUT2D eigenvalue weighted by Gasteiger charge is -2.26. The van der Waals surface area contributed by atoms with Crippen LogP contribution in [0.3, 0.4) is 0 Å². The van der Waals surface area contributed by atoms with Gasteiger partial charge in [0.25, 0.3) is 11.8 Å². The second-order valence-electron chi connectivity index (χ2n) is 7.59. The van der Waals surface area contributed by atoms with E-state index in [2.05, 4.69) is 49.5 Å². The molecule has 2 aromatic rings. The number of hydrogen-bond acceptors (Lipinski definition) is 8. The quantitative estimate of drug-likeness (QED) is 0.453. The van der Waals surface area contributed by atoms with Gasteiger partial charge in [-0.15, -0.1) is 0 Å². The fourth-order valence-electron chi connectivity index (χ4n) is 3.88. The van der Waals surface area contributed by atoms with Crippen molar-refractivity contribution in [3.63, 3.8) is 0 Å². The van der Waals surface area contributed by atoms with Gasteiger partial charge in [-0.3, -0.25) is 4.79 Å². The highest BCUT2D eigenvalue weighted by molar-refractivity contribution is 5.91. The number of ether oxygens (including phenoxy) is 1. The average Bonchev–Trinajstić information content (AvgIpc) is 3.59. The SMILES string of the molecule is CCn1ccc(NC2CCOCC2)c2c(-c3nc(CNC(=O)c4ccco4)no3)ncc1-2. The molecule has 1 fully saturated rings. The van der Waals surface area contributed by atoms with E-state index in [1.807, 2.05) is 6.20 Å². The Hall–Kier alpha value is -3.66. The van der Waals surface area contributed by atoms with E-state index in [1.165, 1.54) is 6.26 Å². The van der Waals surface area contributed by atoms with Crippen molar-refractivity contribution >= 4 is 11.6 Å². The van der Waals surface area contributed by atoms with E-state index in [0.717, 1.165) is 49.5 Å². The minimum Gasteiger partial charge on any atom is -0.459 e. The lowest BCUT2D eigenvalue weighted by Crippen LogP contribution is -2.28. The first-order valence-electron chi connectivity index (χ1n) is 10.7. The molecule has 3 aliphatic heterocycles. The third-order valence-corrected chi connectivity index (χ3v) is 5.55. The van der Waals surface area contributed by atoms with Gasteiger partial charge in [-0.05, 0) is 38.0 Å². The van der Waals surface area contributed by atoms with Crippen LogP contribution >= 0.6 is 0 Å². The number of aromatic nitrogens is 4. The summed E-state index contributed by atoms with van der Waals surface area (Å²) < 4.78 is 18.2. The molecule has 5 heterocycles. The molecule has 10 heteroatoms. The van der Waals surface area contributed by atoms with Gasteiger partial charge in [0.15, 0.2) is 11.6 Å². The Balaban J connectivity index is 1.40. The number of nitrogens with one attached hydrogen (secondary N) is 2. The van der Waals surface area contributed by atoms with Gasteiger partial charge < -0.3 is 28.9 Å². The number of rotatable bonds is 7. The number of aryl methyl sites for hydroxylation is 1. The smallest absolute Gasteiger partial charge is 0.287 e. The maximum absolute atomic E-state index is 12.1. The Kier molecular flexibility index (Phi) is 5.59. The molecular weight excluding hydrogens is 412 g/mol. The van der Waals surface area contributed by atoms with Gasteiger partial charge in [0, 0.05) is 37.7 Å². The van der Waals surface area contributed by atoms with Crippen LogP contribution in [0.1, 0.15) is 36.1 Å². The normalized spacial score (nSPS) is 14.7. The zero-order valence-corrected chi connectivity index (χ0v) is 17.7. The second-order valence-corrected chi connectivity index (χ2v) is 7.59. The maximum Gasteiger partial charge on any atom is 0.287 e. The molecule has 3 aliphatic rings. The van der Waals surface area contributed by atoms with Crippen LogP contribution in [0.5, 0.6) is 0 Å². The summed E-state index contributed by atoms with van der Waals surface area (Å²) in [6.45, 7) is 4.53. The van der Waals surface area contributed by atoms with Crippen molar-refractivity contribution in [3.05, 3.63) is 48.4 Å². The maximum atomic E-state index is 12.1. The van der Waals surface area contributed by atoms with Crippen LogP contribution in [0.2, 0.25) is 0 Å². The van der Waals surface area contributed by atoms with Gasteiger partial charge in [-0.2, -0.15) is 4.98 Å². The van der Waals surface area contributed by atoms with E-state index in [4.69, 9.17) is 13.7 Å². The van der Waals surface area contributed by atoms with Gasteiger partial charge in [0.2, 0.25) is 0 Å². The van der Waals surface area contributed by atoms with Crippen molar-refractivity contribution in [2.24, 2.45) is 0 Å². The standard InChI is InChI=1S/C22H24N6O4/c1-2-28-8-5-15(25-14-6-10-30-11-7-14)19-16(28)12-23-20(19)22-26-18(27-32-22)13-24-21(29)17-4-3-9-31-17/h3-5,8-9,12,14,25H,2,6-7,10-11,13H2,1H3,(H,24,29). The molecule has 32 heavy (non-hydrogen) atoms. The highest BCUT2D eigenvalue weighted by atomic mass is 16.5. The van der Waals surface area contributed by atoms with Crippen LogP contribution in [0.15, 0.2) is 45.8 Å². The zero-order valence-electron chi connectivity index (χ0n) is 17.7. The first-order chi connectivity index (χ1) is 15.7. The van der Waals surface area contributed by atoms with E-state index in [9.17, 15) is 4.79 Å². The fraction of sp³-hybridized carbons (Fsp3) is 0.364. The summed E-state index contributed by atoms with van der Waals surface area (Å²) >= 11 is 0. The summed E-state index contributed by atoms with van der Waals surface area (Å²) in [5, 5.41) is 10.4. The Morgan fingerprint density at radius 2 is 2.16 bits per heavy atom. The molecule has 0 radical (unpaired) electrons. The molecule has 0 spiro atoms. The Bertz CT molecular complexity index is 1160. The number of amides is 1. The van der Waals surface area contributed by atoms with Gasteiger partial charge in [0.1, 0.15) is 5.69 Å². The highest BCUT2D eigenvalue weighted by Gasteiger charge is 2.25. The Labute approximate surface area is 184 Å². The second kappa shape index (κ2) is 8.83. The first-order valence-corrected chi connectivity index (χ1v) is 10.7. The van der Waals surface area contributed by atoms with Crippen LogP contribution in [0.4, 0.5) is 5.69 Å². The van der Waals surface area contributed by atoms with Crippen LogP contribution in [0, 0.1) is 0 Å². The average molecular weight is 436 g/mol. The minimum atomic E-state index is -0.342. The molecule has 0 aromatic carbocycles. The number of nitrogens with zero attached hydrogens (tertiary/aromatic N) is 4. The molecule has 5 rings (SSSR count). The van der Waals surface area contributed by atoms with Gasteiger partial charge in [-0.25, -0.2) is 4.98 Å². The number of pyridine rings is 1. The predicted molar refractivity (Wildman–Crippen MR) is 115 cm³/mol. The van der Waals surface area contributed by atoms with E-state index < -0.39 is 0 Å². The molecule has 0 aliphatic carbocycles. The van der Waals surface area contributed by atoms with Crippen LogP contribution in [-0.4, -0.2) is 44.9 Å². The summed E-state index contributed by atoms with van der Waals surface area (Å²) in [6, 6.07) is 5.64. The van der Waals surface area contributed by atoms with Crippen LogP contribution < -0.4 is 10.6 Å². The number of carbonyl (C=O) groups is 1. The Morgan fingerprint density at radius 1 is 1.28 bits per heavy atom. The van der Waals surface area contributed by atoms with E-state index in [0.29, 0.717) is 23.5 Å². The molecule has 0 atom stereocenters. The molecule has 0 unspecified atom stereocenters. The summed E-state index contributed by atoms with van der Waals surface area (Å²) in [5.41, 5.74) is 3.53. The number of carbonyl (C=O) groups excluding carboxylic acids is 1. The summed E-state index contributed by atoms with van der Waals surface area (Å²) in [5.74, 6) is 0.552. The van der Waals surface area contributed by atoms with Crippen molar-refractivity contribution < 1.29 is 18.5 Å².